The van der Waals surface area contributed by atoms with Crippen molar-refractivity contribution < 1.29 is 9.53 Å². The quantitative estimate of drug-likeness (QED) is 0.724. The van der Waals surface area contributed by atoms with Crippen LogP contribution in [0, 0.1) is 17.8 Å². The number of esters is 1. The number of hydrogen-bond acceptors (Lipinski definition) is 4. The summed E-state index contributed by atoms with van der Waals surface area (Å²) in [4.78, 5) is 14.6. The third-order valence-corrected chi connectivity index (χ3v) is 5.50. The van der Waals surface area contributed by atoms with E-state index in [2.05, 4.69) is 24.2 Å². The Morgan fingerprint density at radius 2 is 2.20 bits per heavy atom. The molecule has 0 amide bonds. The van der Waals surface area contributed by atoms with E-state index >= 15 is 0 Å². The van der Waals surface area contributed by atoms with Crippen LogP contribution >= 0.6 is 0 Å². The summed E-state index contributed by atoms with van der Waals surface area (Å²) in [6, 6.07) is 0. The smallest absolute Gasteiger partial charge is 0.326 e. The van der Waals surface area contributed by atoms with E-state index in [1.165, 1.54) is 20.1 Å². The first-order chi connectivity index (χ1) is 9.53. The van der Waals surface area contributed by atoms with Crippen molar-refractivity contribution in [2.45, 2.75) is 44.6 Å². The average molecular weight is 282 g/mol. The molecular formula is C16H30N2O2. The van der Waals surface area contributed by atoms with E-state index in [1.807, 2.05) is 7.05 Å². The summed E-state index contributed by atoms with van der Waals surface area (Å²) in [6.45, 7) is 4.62. The topological polar surface area (TPSA) is 41.6 Å². The maximum atomic E-state index is 12.2. The first-order valence-corrected chi connectivity index (χ1v) is 7.99. The Hall–Kier alpha value is -0.610. The molecular weight excluding hydrogens is 252 g/mol. The maximum Gasteiger partial charge on any atom is 0.326 e. The van der Waals surface area contributed by atoms with E-state index in [9.17, 15) is 4.79 Å². The zero-order valence-electron chi connectivity index (χ0n) is 13.4. The molecule has 116 valence electrons. The van der Waals surface area contributed by atoms with Gasteiger partial charge in [0.15, 0.2) is 0 Å². The van der Waals surface area contributed by atoms with E-state index in [1.54, 1.807) is 0 Å². The van der Waals surface area contributed by atoms with Crippen LogP contribution in [0.25, 0.3) is 0 Å². The minimum Gasteiger partial charge on any atom is -0.468 e. The summed E-state index contributed by atoms with van der Waals surface area (Å²) in [7, 11) is 5.60. The third kappa shape index (κ3) is 3.17. The van der Waals surface area contributed by atoms with Gasteiger partial charge in [-0.25, -0.2) is 0 Å². The van der Waals surface area contributed by atoms with Gasteiger partial charge >= 0.3 is 5.97 Å². The van der Waals surface area contributed by atoms with Crippen LogP contribution in [0.4, 0.5) is 0 Å². The monoisotopic (exact) mass is 282 g/mol. The van der Waals surface area contributed by atoms with Gasteiger partial charge in [0.25, 0.3) is 0 Å². The zero-order chi connectivity index (χ0) is 14.8. The summed E-state index contributed by atoms with van der Waals surface area (Å²) in [5.41, 5.74) is -0.442. The van der Waals surface area contributed by atoms with Crippen molar-refractivity contribution in [3.63, 3.8) is 0 Å². The Balaban J connectivity index is 1.85. The Kier molecular flexibility index (Phi) is 5.08. The van der Waals surface area contributed by atoms with Crippen LogP contribution in [0.2, 0.25) is 0 Å². The summed E-state index contributed by atoms with van der Waals surface area (Å²) < 4.78 is 5.04. The van der Waals surface area contributed by atoms with Crippen molar-refractivity contribution >= 4 is 5.97 Å². The second kappa shape index (κ2) is 6.44. The first-order valence-electron chi connectivity index (χ1n) is 7.99. The standard InChI is InChI=1S/C16H30N2O2/c1-12-10-13(12)11-18(3)9-7-14-6-5-8-16(14,17-2)15(19)20-4/h12-14,17H,5-11H2,1-4H3. The molecule has 1 N–H and O–H groups in total. The van der Waals surface area contributed by atoms with Crippen molar-refractivity contribution in [1.82, 2.24) is 10.2 Å². The molecule has 2 rings (SSSR count). The molecule has 20 heavy (non-hydrogen) atoms. The van der Waals surface area contributed by atoms with Crippen molar-refractivity contribution in [2.24, 2.45) is 17.8 Å². The molecule has 4 atom stereocenters. The van der Waals surface area contributed by atoms with E-state index in [0.717, 1.165) is 44.1 Å². The van der Waals surface area contributed by atoms with Crippen LogP contribution in [0.15, 0.2) is 0 Å². The van der Waals surface area contributed by atoms with Gasteiger partial charge in [0.1, 0.15) is 5.54 Å². The predicted octanol–water partition coefficient (Wildman–Crippen LogP) is 1.90. The molecule has 4 nitrogen and oxygen atoms in total. The minimum atomic E-state index is -0.442. The summed E-state index contributed by atoms with van der Waals surface area (Å²) in [5.74, 6) is 2.13. The molecule has 0 bridgehead atoms. The first kappa shape index (κ1) is 15.8. The molecule has 2 fully saturated rings. The highest BCUT2D eigenvalue weighted by molar-refractivity contribution is 5.81. The van der Waals surface area contributed by atoms with Crippen LogP contribution in [-0.2, 0) is 9.53 Å². The van der Waals surface area contributed by atoms with Crippen molar-refractivity contribution in [2.75, 3.05) is 34.3 Å². The molecule has 0 aromatic carbocycles. The number of rotatable bonds is 7. The van der Waals surface area contributed by atoms with E-state index in [-0.39, 0.29) is 5.97 Å². The molecule has 0 aliphatic heterocycles. The normalized spacial score (nSPS) is 36.4. The fraction of sp³-hybridized carbons (Fsp3) is 0.938. The highest BCUT2D eigenvalue weighted by Gasteiger charge is 2.48. The SMILES string of the molecule is CNC1(C(=O)OC)CCCC1CCN(C)CC1CC1C. The van der Waals surface area contributed by atoms with E-state index in [4.69, 9.17) is 4.74 Å². The molecule has 4 heteroatoms. The Labute approximate surface area is 123 Å². The second-order valence-corrected chi connectivity index (χ2v) is 6.83. The molecule has 0 saturated heterocycles. The highest BCUT2D eigenvalue weighted by atomic mass is 16.5. The molecule has 0 radical (unpaired) electrons. The number of hydrogen-bond donors (Lipinski definition) is 1. The number of nitrogens with zero attached hydrogens (tertiary/aromatic N) is 1. The van der Waals surface area contributed by atoms with Crippen molar-refractivity contribution in [1.29, 1.82) is 0 Å². The Morgan fingerprint density at radius 3 is 2.75 bits per heavy atom. The third-order valence-electron chi connectivity index (χ3n) is 5.50. The molecule has 2 saturated carbocycles. The molecule has 0 aromatic heterocycles. The minimum absolute atomic E-state index is 0.0824. The molecule has 0 aromatic rings. The van der Waals surface area contributed by atoms with Crippen LogP contribution in [0.5, 0.6) is 0 Å². The number of ether oxygens (including phenoxy) is 1. The lowest BCUT2D eigenvalue weighted by Gasteiger charge is -2.33. The largest absolute Gasteiger partial charge is 0.468 e. The molecule has 0 heterocycles. The Bertz CT molecular complexity index is 347. The molecule has 4 unspecified atom stereocenters. The average Bonchev–Trinajstić information content (AvgIpc) is 2.97. The van der Waals surface area contributed by atoms with Gasteiger partial charge < -0.3 is 15.0 Å². The van der Waals surface area contributed by atoms with Crippen LogP contribution in [-0.4, -0.2) is 50.7 Å². The zero-order valence-corrected chi connectivity index (χ0v) is 13.4. The lowest BCUT2D eigenvalue weighted by molar-refractivity contribution is -0.150. The van der Waals surface area contributed by atoms with Gasteiger partial charge in [0.2, 0.25) is 0 Å². The van der Waals surface area contributed by atoms with Gasteiger partial charge in [-0.2, -0.15) is 0 Å². The predicted molar refractivity (Wildman–Crippen MR) is 80.5 cm³/mol. The summed E-state index contributed by atoms with van der Waals surface area (Å²) in [6.07, 6.45) is 5.61. The van der Waals surface area contributed by atoms with Gasteiger partial charge in [-0.15, -0.1) is 0 Å². The lowest BCUT2D eigenvalue weighted by atomic mass is 9.84. The van der Waals surface area contributed by atoms with Crippen LogP contribution in [0.1, 0.15) is 39.0 Å². The van der Waals surface area contributed by atoms with Gasteiger partial charge in [0, 0.05) is 6.54 Å². The summed E-state index contributed by atoms with van der Waals surface area (Å²) >= 11 is 0. The Morgan fingerprint density at radius 1 is 1.50 bits per heavy atom. The van der Waals surface area contributed by atoms with Gasteiger partial charge in [-0.1, -0.05) is 13.3 Å². The number of methoxy groups -OCH3 is 1. The fourth-order valence-electron chi connectivity index (χ4n) is 3.87. The maximum absolute atomic E-state index is 12.2. The number of carbonyl (C=O) groups excluding carboxylic acids is 1. The van der Waals surface area contributed by atoms with Crippen molar-refractivity contribution in [3.8, 4) is 0 Å². The number of nitrogens with one attached hydrogen (secondary N) is 1. The van der Waals surface area contributed by atoms with Crippen LogP contribution in [0.3, 0.4) is 0 Å². The number of carbonyl (C=O) groups is 1. The molecule has 2 aliphatic rings. The lowest BCUT2D eigenvalue weighted by Crippen LogP contribution is -2.54. The van der Waals surface area contributed by atoms with Gasteiger partial charge in [0.05, 0.1) is 7.11 Å². The molecule has 2 aliphatic carbocycles. The summed E-state index contributed by atoms with van der Waals surface area (Å²) in [5, 5.41) is 3.27. The number of likely N-dealkylation sites (N-methyl/N-ethyl adjacent to an activating group) is 1. The van der Waals surface area contributed by atoms with E-state index < -0.39 is 5.54 Å². The van der Waals surface area contributed by atoms with E-state index in [0.29, 0.717) is 5.92 Å². The second-order valence-electron chi connectivity index (χ2n) is 6.83. The highest BCUT2D eigenvalue weighted by Crippen LogP contribution is 2.40. The van der Waals surface area contributed by atoms with Crippen LogP contribution < -0.4 is 5.32 Å². The van der Waals surface area contributed by atoms with Gasteiger partial charge in [-0.3, -0.25) is 4.79 Å². The van der Waals surface area contributed by atoms with Crippen molar-refractivity contribution in [3.05, 3.63) is 0 Å². The fourth-order valence-corrected chi connectivity index (χ4v) is 3.87. The van der Waals surface area contributed by atoms with Gasteiger partial charge in [-0.05, 0) is 64.1 Å². The molecule has 0 spiro atoms.